The number of rotatable bonds is 4. The molecule has 3 amide bonds. The van der Waals surface area contributed by atoms with Crippen molar-refractivity contribution in [2.75, 3.05) is 13.6 Å². The molecule has 0 aliphatic carbocycles. The first kappa shape index (κ1) is 18.7. The first-order chi connectivity index (χ1) is 12.2. The number of benzene rings is 1. The minimum Gasteiger partial charge on any atom is -0.296 e. The molecule has 2 heterocycles. The fourth-order valence-electron chi connectivity index (χ4n) is 2.87. The van der Waals surface area contributed by atoms with E-state index in [2.05, 4.69) is 20.9 Å². The predicted octanol–water partition coefficient (Wildman–Crippen LogP) is 2.01. The van der Waals surface area contributed by atoms with Crippen LogP contribution in [0.3, 0.4) is 0 Å². The highest BCUT2D eigenvalue weighted by molar-refractivity contribution is 9.18. The second kappa shape index (κ2) is 6.88. The van der Waals surface area contributed by atoms with Crippen molar-refractivity contribution in [3.05, 3.63) is 34.6 Å². The number of halogens is 3. The smallest absolute Gasteiger partial charge is 0.296 e. The summed E-state index contributed by atoms with van der Waals surface area (Å²) in [6, 6.07) is 2.54. The van der Waals surface area contributed by atoms with Gasteiger partial charge in [0.25, 0.3) is 17.8 Å². The lowest BCUT2D eigenvalue weighted by molar-refractivity contribution is -0.521. The van der Waals surface area contributed by atoms with Gasteiger partial charge >= 0.3 is 10.8 Å². The Hall–Kier alpha value is -2.13. The van der Waals surface area contributed by atoms with Crippen molar-refractivity contribution in [2.24, 2.45) is 4.99 Å². The predicted molar refractivity (Wildman–Crippen MR) is 96.1 cm³/mol. The quantitative estimate of drug-likeness (QED) is 0.527. The summed E-state index contributed by atoms with van der Waals surface area (Å²) in [4.78, 5) is 43.4. The summed E-state index contributed by atoms with van der Waals surface area (Å²) in [5.74, 6) is -1.17. The van der Waals surface area contributed by atoms with E-state index in [4.69, 9.17) is 11.6 Å². The van der Waals surface area contributed by atoms with Crippen LogP contribution in [0.25, 0.3) is 0 Å². The summed E-state index contributed by atoms with van der Waals surface area (Å²) in [7, 11) is 1.47. The van der Waals surface area contributed by atoms with Gasteiger partial charge in [-0.05, 0) is 24.0 Å². The van der Waals surface area contributed by atoms with Gasteiger partial charge in [0.2, 0.25) is 0 Å². The van der Waals surface area contributed by atoms with E-state index in [9.17, 15) is 18.8 Å². The molecule has 3 rings (SSSR count). The van der Waals surface area contributed by atoms with Crippen LogP contribution in [0.5, 0.6) is 0 Å². The molecule has 26 heavy (non-hydrogen) atoms. The van der Waals surface area contributed by atoms with Crippen molar-refractivity contribution in [3.63, 3.8) is 0 Å². The molecule has 2 aliphatic heterocycles. The first-order valence-electron chi connectivity index (χ1n) is 7.61. The Balaban J connectivity index is 1.98. The molecule has 0 radical (unpaired) electrons. The highest BCUT2D eigenvalue weighted by Gasteiger charge is 2.54. The molecule has 0 saturated carbocycles. The number of carbonyl (C=O) groups is 3. The van der Waals surface area contributed by atoms with E-state index in [1.165, 1.54) is 41.6 Å². The number of nitrogens with zero attached hydrogens (tertiary/aromatic N) is 4. The van der Waals surface area contributed by atoms with Gasteiger partial charge in [-0.1, -0.05) is 17.7 Å². The Morgan fingerprint density at radius 3 is 2.73 bits per heavy atom. The molecule has 0 N–H and O–H groups in total. The van der Waals surface area contributed by atoms with E-state index in [1.807, 2.05) is 0 Å². The summed E-state index contributed by atoms with van der Waals surface area (Å²) < 4.78 is 15.8. The SMILES string of the molecule is CC(=O)C[N+]1=C(Br)N=C2C1C(=O)N(Cc1c(F)cccc1Cl)C(=O)N2C. The number of aliphatic imine (C=N–C) groups is 1. The Bertz CT molecular complexity index is 881. The molecule has 2 aliphatic rings. The van der Waals surface area contributed by atoms with Gasteiger partial charge in [0.05, 0.1) is 22.5 Å². The van der Waals surface area contributed by atoms with Gasteiger partial charge in [-0.3, -0.25) is 19.4 Å². The summed E-state index contributed by atoms with van der Waals surface area (Å²) in [6.07, 6.45) is 0. The third-order valence-electron chi connectivity index (χ3n) is 4.13. The van der Waals surface area contributed by atoms with Crippen molar-refractivity contribution in [1.29, 1.82) is 0 Å². The molecule has 10 heteroatoms. The maximum absolute atomic E-state index is 14.1. The largest absolute Gasteiger partial charge is 0.365 e. The summed E-state index contributed by atoms with van der Waals surface area (Å²) in [5.41, 5.74) is 0.0452. The van der Waals surface area contributed by atoms with E-state index in [0.29, 0.717) is 0 Å². The number of fused-ring (bicyclic) bond motifs is 1. The number of Topliss-reactive ketones (excluding diaryl/α,β-unsaturated/α-hetero) is 1. The Morgan fingerprint density at radius 2 is 2.12 bits per heavy atom. The lowest BCUT2D eigenvalue weighted by atomic mass is 10.1. The van der Waals surface area contributed by atoms with Gasteiger partial charge in [0, 0.05) is 17.6 Å². The van der Waals surface area contributed by atoms with Crippen molar-refractivity contribution < 1.29 is 23.3 Å². The lowest BCUT2D eigenvalue weighted by Gasteiger charge is -2.33. The maximum atomic E-state index is 14.1. The monoisotopic (exact) mass is 443 g/mol. The second-order valence-corrected chi connectivity index (χ2v) is 7.05. The van der Waals surface area contributed by atoms with E-state index >= 15 is 0 Å². The zero-order valence-corrected chi connectivity index (χ0v) is 16.2. The third kappa shape index (κ3) is 3.05. The zero-order valence-electron chi connectivity index (χ0n) is 13.9. The van der Waals surface area contributed by atoms with Gasteiger partial charge in [0.1, 0.15) is 12.4 Å². The number of amidine groups is 2. The summed E-state index contributed by atoms with van der Waals surface area (Å²) in [5, 5.41) is 0.118. The highest BCUT2D eigenvalue weighted by atomic mass is 79.9. The number of imide groups is 1. The molecule has 1 fully saturated rings. The number of amides is 3. The minimum atomic E-state index is -0.943. The van der Waals surface area contributed by atoms with Crippen molar-refractivity contribution in [2.45, 2.75) is 19.5 Å². The lowest BCUT2D eigenvalue weighted by Crippen LogP contribution is -2.62. The van der Waals surface area contributed by atoms with E-state index in [-0.39, 0.29) is 40.0 Å². The minimum absolute atomic E-state index is 0.0452. The standard InChI is InChI=1S/C16H14BrClFN4O3/c1-8(24)6-22-12-13(20-15(22)17)21(2)16(26)23(14(12)25)7-9-10(18)4-3-5-11(9)19/h3-5,12H,6-7H2,1-2H3/q+1. The van der Waals surface area contributed by atoms with Gasteiger partial charge < -0.3 is 0 Å². The molecule has 1 aromatic rings. The highest BCUT2D eigenvalue weighted by Crippen LogP contribution is 2.26. The number of hydrogen-bond acceptors (Lipinski definition) is 4. The van der Waals surface area contributed by atoms with Crippen LogP contribution >= 0.6 is 27.5 Å². The average molecular weight is 445 g/mol. The van der Waals surface area contributed by atoms with Crippen LogP contribution in [0.2, 0.25) is 5.02 Å². The molecule has 7 nitrogen and oxygen atoms in total. The molecule has 136 valence electrons. The zero-order chi connectivity index (χ0) is 19.2. The van der Waals surface area contributed by atoms with Crippen molar-refractivity contribution in [3.8, 4) is 0 Å². The first-order valence-corrected chi connectivity index (χ1v) is 8.78. The van der Waals surface area contributed by atoms with Crippen molar-refractivity contribution in [1.82, 2.24) is 9.80 Å². The molecule has 1 aromatic carbocycles. The van der Waals surface area contributed by atoms with Gasteiger partial charge in [-0.2, -0.15) is 0 Å². The fraction of sp³-hybridized carbons (Fsp3) is 0.312. The summed E-state index contributed by atoms with van der Waals surface area (Å²) in [6.45, 7) is 1.01. The van der Waals surface area contributed by atoms with Crippen LogP contribution in [-0.2, 0) is 16.1 Å². The van der Waals surface area contributed by atoms with E-state index in [1.54, 1.807) is 0 Å². The second-order valence-electron chi connectivity index (χ2n) is 5.94. The van der Waals surface area contributed by atoms with Gasteiger partial charge in [0.15, 0.2) is 5.78 Å². The fourth-order valence-corrected chi connectivity index (χ4v) is 3.61. The number of urea groups is 1. The Kier molecular flexibility index (Phi) is 4.94. The van der Waals surface area contributed by atoms with Crippen LogP contribution in [0.1, 0.15) is 12.5 Å². The van der Waals surface area contributed by atoms with Crippen LogP contribution in [0.15, 0.2) is 23.2 Å². The molecule has 0 spiro atoms. The van der Waals surface area contributed by atoms with Crippen molar-refractivity contribution >= 4 is 55.8 Å². The average Bonchev–Trinajstić information content (AvgIpc) is 2.88. The third-order valence-corrected chi connectivity index (χ3v) is 5.12. The van der Waals surface area contributed by atoms with Crippen LogP contribution < -0.4 is 0 Å². The Morgan fingerprint density at radius 1 is 1.42 bits per heavy atom. The molecule has 1 saturated heterocycles. The molecule has 0 aromatic heterocycles. The number of hydrogen-bond donors (Lipinski definition) is 0. The molecule has 1 atom stereocenters. The molecular formula is C16H14BrClFN4O3+. The molecular weight excluding hydrogens is 431 g/mol. The normalized spacial score (nSPS) is 19.9. The van der Waals surface area contributed by atoms with E-state index in [0.717, 1.165) is 4.90 Å². The summed E-state index contributed by atoms with van der Waals surface area (Å²) >= 11 is 9.24. The number of carbonyl (C=O) groups excluding carboxylic acids is 3. The number of likely N-dealkylation sites (N-methyl/N-ethyl adjacent to an activating group) is 1. The van der Waals surface area contributed by atoms with Crippen LogP contribution in [-0.4, -0.2) is 62.3 Å². The van der Waals surface area contributed by atoms with Crippen LogP contribution in [0, 0.1) is 5.82 Å². The Labute approximate surface area is 161 Å². The van der Waals surface area contributed by atoms with Crippen LogP contribution in [0.4, 0.5) is 9.18 Å². The number of ketones is 1. The molecule has 0 bridgehead atoms. The van der Waals surface area contributed by atoms with Gasteiger partial charge in [-0.15, -0.1) is 0 Å². The molecule has 1 unspecified atom stereocenters. The maximum Gasteiger partial charge on any atom is 0.365 e. The van der Waals surface area contributed by atoms with Gasteiger partial charge in [-0.25, -0.2) is 13.8 Å². The van der Waals surface area contributed by atoms with E-state index < -0.39 is 23.8 Å². The topological polar surface area (TPSA) is 73.1 Å².